The molecule has 0 radical (unpaired) electrons. The summed E-state index contributed by atoms with van der Waals surface area (Å²) >= 11 is 6.06. The SMILES string of the molecule is O=C(NC1CCC2(CC1)CCN(c1nc3cc(Cl)ccc3o1)CC2)C1CCS(=O)(=O)C1. The van der Waals surface area contributed by atoms with Crippen molar-refractivity contribution in [2.24, 2.45) is 11.3 Å². The molecule has 9 heteroatoms. The van der Waals surface area contributed by atoms with Crippen molar-refractivity contribution < 1.29 is 17.6 Å². The number of benzene rings is 1. The monoisotopic (exact) mass is 465 g/mol. The van der Waals surface area contributed by atoms with Gasteiger partial charge >= 0.3 is 0 Å². The van der Waals surface area contributed by atoms with Gasteiger partial charge in [-0.1, -0.05) is 11.6 Å². The highest BCUT2D eigenvalue weighted by Crippen LogP contribution is 2.45. The third-order valence-electron chi connectivity index (χ3n) is 7.43. The maximum absolute atomic E-state index is 12.5. The molecule has 3 heterocycles. The van der Waals surface area contributed by atoms with E-state index in [1.54, 1.807) is 0 Å². The van der Waals surface area contributed by atoms with Gasteiger partial charge in [-0.05, 0) is 68.6 Å². The van der Waals surface area contributed by atoms with E-state index in [9.17, 15) is 13.2 Å². The third-order valence-corrected chi connectivity index (χ3v) is 9.43. The fraction of sp³-hybridized carbons (Fsp3) is 0.636. The minimum atomic E-state index is -3.03. The molecule has 2 aliphatic heterocycles. The lowest BCUT2D eigenvalue weighted by atomic mass is 9.67. The van der Waals surface area contributed by atoms with E-state index < -0.39 is 9.84 Å². The number of hydrogen-bond acceptors (Lipinski definition) is 6. The largest absolute Gasteiger partial charge is 0.423 e. The van der Waals surface area contributed by atoms with E-state index in [-0.39, 0.29) is 29.4 Å². The summed E-state index contributed by atoms with van der Waals surface area (Å²) in [5, 5.41) is 3.78. The highest BCUT2D eigenvalue weighted by atomic mass is 35.5. The molecule has 31 heavy (non-hydrogen) atoms. The molecule has 1 atom stereocenters. The van der Waals surface area contributed by atoms with Gasteiger partial charge in [0.1, 0.15) is 5.52 Å². The van der Waals surface area contributed by atoms with Crippen LogP contribution in [0.1, 0.15) is 44.9 Å². The van der Waals surface area contributed by atoms with Gasteiger partial charge in [0.15, 0.2) is 15.4 Å². The first-order chi connectivity index (χ1) is 14.8. The second-order valence-corrected chi connectivity index (χ2v) is 12.1. The van der Waals surface area contributed by atoms with Crippen molar-refractivity contribution in [2.75, 3.05) is 29.5 Å². The predicted octanol–water partition coefficient (Wildman–Crippen LogP) is 3.56. The quantitative estimate of drug-likeness (QED) is 0.745. The van der Waals surface area contributed by atoms with Gasteiger partial charge in [0, 0.05) is 24.2 Å². The lowest BCUT2D eigenvalue weighted by Gasteiger charge is -2.45. The van der Waals surface area contributed by atoms with Gasteiger partial charge in [0.2, 0.25) is 5.91 Å². The second kappa shape index (κ2) is 7.96. The Balaban J connectivity index is 1.13. The molecule has 168 valence electrons. The van der Waals surface area contributed by atoms with Gasteiger partial charge in [0.05, 0.1) is 17.4 Å². The topological polar surface area (TPSA) is 92.5 Å². The Labute approximate surface area is 187 Å². The molecule has 1 N–H and O–H groups in total. The standard InChI is InChI=1S/C22H28ClN3O4S/c23-16-1-2-19-18(13-16)25-21(30-19)26-10-8-22(9-11-26)6-3-17(4-7-22)24-20(27)15-5-12-31(28,29)14-15/h1-2,13,15,17H,3-12,14H2,(H,24,27). The summed E-state index contributed by atoms with van der Waals surface area (Å²) in [6, 6.07) is 6.33. The van der Waals surface area contributed by atoms with Crippen LogP contribution in [0.3, 0.4) is 0 Å². The fourth-order valence-corrected chi connectivity index (χ4v) is 7.30. The lowest BCUT2D eigenvalue weighted by molar-refractivity contribution is -0.125. The molecule has 0 bridgehead atoms. The second-order valence-electron chi connectivity index (χ2n) is 9.48. The molecular weight excluding hydrogens is 438 g/mol. The number of sulfone groups is 1. The Morgan fingerprint density at radius 1 is 1.16 bits per heavy atom. The molecule has 3 aliphatic rings. The van der Waals surface area contributed by atoms with Crippen LogP contribution in [0.2, 0.25) is 5.02 Å². The number of halogens is 1. The Morgan fingerprint density at radius 2 is 1.90 bits per heavy atom. The summed E-state index contributed by atoms with van der Waals surface area (Å²) in [5.74, 6) is -0.293. The number of nitrogens with zero attached hydrogens (tertiary/aromatic N) is 2. The average molecular weight is 466 g/mol. The summed E-state index contributed by atoms with van der Waals surface area (Å²) in [6.45, 7) is 1.83. The van der Waals surface area contributed by atoms with Crippen molar-refractivity contribution >= 4 is 44.5 Å². The van der Waals surface area contributed by atoms with Crippen molar-refractivity contribution in [3.63, 3.8) is 0 Å². The molecule has 1 aliphatic carbocycles. The molecule has 2 aromatic rings. The van der Waals surface area contributed by atoms with Gasteiger partial charge in [-0.25, -0.2) is 8.42 Å². The van der Waals surface area contributed by atoms with Gasteiger partial charge in [-0.2, -0.15) is 4.98 Å². The molecule has 1 aromatic carbocycles. The first kappa shape index (κ1) is 21.1. The highest BCUT2D eigenvalue weighted by molar-refractivity contribution is 7.91. The van der Waals surface area contributed by atoms with E-state index in [0.717, 1.165) is 62.7 Å². The van der Waals surface area contributed by atoms with Gasteiger partial charge in [-0.3, -0.25) is 4.79 Å². The van der Waals surface area contributed by atoms with Crippen molar-refractivity contribution in [1.29, 1.82) is 0 Å². The number of fused-ring (bicyclic) bond motifs is 1. The number of amides is 1. The van der Waals surface area contributed by atoms with E-state index in [2.05, 4.69) is 15.2 Å². The lowest BCUT2D eigenvalue weighted by Crippen LogP contribution is -2.47. The Hall–Kier alpha value is -1.80. The molecule has 7 nitrogen and oxygen atoms in total. The van der Waals surface area contributed by atoms with E-state index >= 15 is 0 Å². The number of piperidine rings is 1. The zero-order valence-electron chi connectivity index (χ0n) is 17.5. The van der Waals surface area contributed by atoms with Crippen LogP contribution in [0.15, 0.2) is 22.6 Å². The first-order valence-corrected chi connectivity index (χ1v) is 13.3. The van der Waals surface area contributed by atoms with E-state index in [1.807, 2.05) is 18.2 Å². The number of hydrogen-bond donors (Lipinski definition) is 1. The average Bonchev–Trinajstić information content (AvgIpc) is 3.33. The van der Waals surface area contributed by atoms with Gasteiger partial charge in [-0.15, -0.1) is 0 Å². The number of carbonyl (C=O) groups excluding carboxylic acids is 1. The molecule has 5 rings (SSSR count). The van der Waals surface area contributed by atoms with Gasteiger partial charge < -0.3 is 14.6 Å². The number of anilines is 1. The summed E-state index contributed by atoms with van der Waals surface area (Å²) in [4.78, 5) is 19.3. The Kier molecular flexibility index (Phi) is 5.41. The van der Waals surface area contributed by atoms with Crippen LogP contribution in [0.5, 0.6) is 0 Å². The van der Waals surface area contributed by atoms with E-state index in [0.29, 0.717) is 22.9 Å². The number of nitrogens with one attached hydrogen (secondary N) is 1. The van der Waals surface area contributed by atoms with Crippen LogP contribution < -0.4 is 10.2 Å². The summed E-state index contributed by atoms with van der Waals surface area (Å²) in [7, 11) is -3.03. The van der Waals surface area contributed by atoms with Crippen molar-refractivity contribution in [1.82, 2.24) is 10.3 Å². The number of aromatic nitrogens is 1. The number of carbonyl (C=O) groups is 1. The minimum absolute atomic E-state index is 0.00730. The number of rotatable bonds is 3. The molecule has 3 fully saturated rings. The summed E-state index contributed by atoms with van der Waals surface area (Å²) in [6.07, 6.45) is 6.76. The molecule has 2 saturated heterocycles. The van der Waals surface area contributed by atoms with Crippen LogP contribution in [-0.2, 0) is 14.6 Å². The Bertz CT molecular complexity index is 1080. The van der Waals surface area contributed by atoms with Crippen LogP contribution in [0, 0.1) is 11.3 Å². The molecule has 1 aromatic heterocycles. The van der Waals surface area contributed by atoms with Crippen molar-refractivity contribution in [2.45, 2.75) is 51.0 Å². The molecular formula is C22H28ClN3O4S. The zero-order chi connectivity index (χ0) is 21.6. The van der Waals surface area contributed by atoms with Crippen LogP contribution in [0.4, 0.5) is 6.01 Å². The molecule has 1 unspecified atom stereocenters. The highest BCUT2D eigenvalue weighted by Gasteiger charge is 2.40. The predicted molar refractivity (Wildman–Crippen MR) is 120 cm³/mol. The normalized spacial score (nSPS) is 25.8. The van der Waals surface area contributed by atoms with Crippen LogP contribution in [-0.4, -0.2) is 49.9 Å². The van der Waals surface area contributed by atoms with Crippen molar-refractivity contribution in [3.05, 3.63) is 23.2 Å². The molecule has 1 amide bonds. The van der Waals surface area contributed by atoms with E-state index in [4.69, 9.17) is 16.0 Å². The van der Waals surface area contributed by atoms with Crippen LogP contribution >= 0.6 is 11.6 Å². The zero-order valence-corrected chi connectivity index (χ0v) is 19.1. The maximum atomic E-state index is 12.5. The van der Waals surface area contributed by atoms with E-state index in [1.165, 1.54) is 0 Å². The number of oxazole rings is 1. The summed E-state index contributed by atoms with van der Waals surface area (Å²) < 4.78 is 29.2. The molecule has 1 spiro atoms. The minimum Gasteiger partial charge on any atom is -0.423 e. The Morgan fingerprint density at radius 3 is 2.58 bits per heavy atom. The summed E-state index contributed by atoms with van der Waals surface area (Å²) in [5.41, 5.74) is 1.86. The fourth-order valence-electron chi connectivity index (χ4n) is 5.39. The molecule has 1 saturated carbocycles. The first-order valence-electron chi connectivity index (χ1n) is 11.1. The van der Waals surface area contributed by atoms with Crippen molar-refractivity contribution in [3.8, 4) is 0 Å². The smallest absolute Gasteiger partial charge is 0.298 e. The van der Waals surface area contributed by atoms with Crippen LogP contribution in [0.25, 0.3) is 11.1 Å². The third kappa shape index (κ3) is 4.42. The maximum Gasteiger partial charge on any atom is 0.298 e. The van der Waals surface area contributed by atoms with Gasteiger partial charge in [0.25, 0.3) is 6.01 Å².